The van der Waals surface area contributed by atoms with Crippen LogP contribution in [0, 0.1) is 11.8 Å². The molecule has 0 radical (unpaired) electrons. The predicted molar refractivity (Wildman–Crippen MR) is 95.3 cm³/mol. The smallest absolute Gasteiger partial charge is 0.392 e. The molecule has 0 saturated heterocycles. The molecule has 0 spiro atoms. The van der Waals surface area contributed by atoms with E-state index >= 15 is 0 Å². The Labute approximate surface area is 181 Å². The molecule has 2 rings (SSSR count). The summed E-state index contributed by atoms with van der Waals surface area (Å²) in [6.07, 6.45) is -9.14. The monoisotopic (exact) mass is 526 g/mol. The van der Waals surface area contributed by atoms with Crippen molar-refractivity contribution in [3.63, 3.8) is 0 Å². The number of alkyl halides is 6. The molecule has 17 heteroatoms. The summed E-state index contributed by atoms with van der Waals surface area (Å²) in [5.41, 5.74) is 0. The number of carbonyl (C=O) groups is 2. The normalized spacial score (nSPS) is 30.3. The summed E-state index contributed by atoms with van der Waals surface area (Å²) in [4.78, 5) is 24.7. The molecule has 0 fully saturated rings. The Morgan fingerprint density at radius 2 is 1.00 bits per heavy atom. The lowest BCUT2D eigenvalue weighted by molar-refractivity contribution is -0.186. The maximum absolute atomic E-state index is 13.6. The molecule has 2 aliphatic rings. The van der Waals surface area contributed by atoms with E-state index in [9.17, 15) is 61.9 Å². The molecule has 0 aromatic heterocycles. The lowest BCUT2D eigenvalue weighted by Crippen LogP contribution is -2.60. The number of carbonyl (C=O) groups excluding carboxylic acids is 2. The zero-order valence-corrected chi connectivity index (χ0v) is 17.2. The van der Waals surface area contributed by atoms with E-state index in [-0.39, 0.29) is 24.3 Å². The number of ether oxygens (including phenoxy) is 1. The maximum atomic E-state index is 13.6. The standard InChI is InChI=1S/C16H12F6O9S2/c17-15(18,19)13(32(25,26)27)7-3-1-5-9(13)11(23)31-12(24)10-6-2-4-8-14(10,16(20,21)22)33(28,29)30/h1-10H,(H,25,26,27)(H,28,29,30). The van der Waals surface area contributed by atoms with Crippen LogP contribution in [-0.2, 0) is 34.6 Å². The Bertz CT molecular complexity index is 1090. The number of allylic oxidation sites excluding steroid dienone is 4. The van der Waals surface area contributed by atoms with Gasteiger partial charge in [0.1, 0.15) is 11.8 Å². The van der Waals surface area contributed by atoms with Gasteiger partial charge in [0.15, 0.2) is 0 Å². The van der Waals surface area contributed by atoms with Crippen LogP contribution in [0.2, 0.25) is 0 Å². The van der Waals surface area contributed by atoms with Crippen LogP contribution in [0.3, 0.4) is 0 Å². The molecule has 0 aliphatic heterocycles. The van der Waals surface area contributed by atoms with Gasteiger partial charge in [-0.2, -0.15) is 43.2 Å². The predicted octanol–water partition coefficient (Wildman–Crippen LogP) is 1.92. The zero-order valence-electron chi connectivity index (χ0n) is 15.6. The Balaban J connectivity index is 2.55. The molecule has 2 aliphatic carbocycles. The van der Waals surface area contributed by atoms with E-state index < -0.39 is 65.9 Å². The maximum Gasteiger partial charge on any atom is 0.415 e. The van der Waals surface area contributed by atoms with E-state index in [4.69, 9.17) is 0 Å². The fourth-order valence-corrected chi connectivity index (χ4v) is 5.38. The minimum absolute atomic E-state index is 0.139. The van der Waals surface area contributed by atoms with Crippen LogP contribution in [0.4, 0.5) is 26.3 Å². The highest BCUT2D eigenvalue weighted by Gasteiger charge is 2.71. The van der Waals surface area contributed by atoms with Gasteiger partial charge in [-0.25, -0.2) is 0 Å². The van der Waals surface area contributed by atoms with Crippen molar-refractivity contribution in [2.24, 2.45) is 11.8 Å². The number of esters is 2. The van der Waals surface area contributed by atoms with Crippen molar-refractivity contribution in [2.75, 3.05) is 0 Å². The van der Waals surface area contributed by atoms with Crippen LogP contribution in [-0.4, -0.2) is 59.7 Å². The van der Waals surface area contributed by atoms with E-state index in [1.165, 1.54) is 0 Å². The van der Waals surface area contributed by atoms with Gasteiger partial charge in [-0.1, -0.05) is 48.6 Å². The van der Waals surface area contributed by atoms with Crippen molar-refractivity contribution >= 4 is 32.2 Å². The van der Waals surface area contributed by atoms with Crippen LogP contribution < -0.4 is 0 Å². The van der Waals surface area contributed by atoms with Gasteiger partial charge in [-0.15, -0.1) is 0 Å². The first kappa shape index (κ1) is 26.7. The lowest BCUT2D eigenvalue weighted by Gasteiger charge is -2.37. The van der Waals surface area contributed by atoms with Crippen LogP contribution >= 0.6 is 0 Å². The molecule has 0 bridgehead atoms. The van der Waals surface area contributed by atoms with Gasteiger partial charge >= 0.3 is 24.3 Å². The summed E-state index contributed by atoms with van der Waals surface area (Å²) >= 11 is 0. The molecule has 184 valence electrons. The Kier molecular flexibility index (Phi) is 6.54. The average molecular weight is 526 g/mol. The minimum Gasteiger partial charge on any atom is -0.392 e. The molecule has 33 heavy (non-hydrogen) atoms. The van der Waals surface area contributed by atoms with E-state index in [1.807, 2.05) is 0 Å². The second-order valence-corrected chi connectivity index (χ2v) is 9.97. The molecular weight excluding hydrogens is 514 g/mol. The van der Waals surface area contributed by atoms with Crippen molar-refractivity contribution < 1.29 is 66.6 Å². The Hall–Kier alpha value is -2.50. The summed E-state index contributed by atoms with van der Waals surface area (Å²) in [5.74, 6) is -10.7. The molecule has 2 N–H and O–H groups in total. The molecule has 9 nitrogen and oxygen atoms in total. The summed E-state index contributed by atoms with van der Waals surface area (Å²) in [6, 6.07) is 0. The van der Waals surface area contributed by atoms with E-state index in [2.05, 4.69) is 4.74 Å². The number of halogens is 6. The van der Waals surface area contributed by atoms with Crippen molar-refractivity contribution in [2.45, 2.75) is 21.8 Å². The average Bonchev–Trinajstić information content (AvgIpc) is 2.64. The van der Waals surface area contributed by atoms with Crippen molar-refractivity contribution in [3.05, 3.63) is 48.6 Å². The molecule has 0 heterocycles. The summed E-state index contributed by atoms with van der Waals surface area (Å²) in [7, 11) is -12.4. The van der Waals surface area contributed by atoms with Crippen molar-refractivity contribution in [1.82, 2.24) is 0 Å². The van der Waals surface area contributed by atoms with Crippen LogP contribution in [0.1, 0.15) is 0 Å². The van der Waals surface area contributed by atoms with Crippen LogP contribution in [0.25, 0.3) is 0 Å². The van der Waals surface area contributed by atoms with E-state index in [0.29, 0.717) is 24.3 Å². The molecule has 0 saturated carbocycles. The molecule has 0 aromatic rings. The highest BCUT2D eigenvalue weighted by molar-refractivity contribution is 7.87. The van der Waals surface area contributed by atoms with Crippen molar-refractivity contribution in [3.8, 4) is 0 Å². The van der Waals surface area contributed by atoms with Gasteiger partial charge in [0, 0.05) is 0 Å². The molecular formula is C16H12F6O9S2. The molecule has 0 aromatic carbocycles. The largest absolute Gasteiger partial charge is 0.415 e. The highest BCUT2D eigenvalue weighted by atomic mass is 32.2. The fraction of sp³-hybridized carbons (Fsp3) is 0.375. The molecule has 4 atom stereocenters. The Morgan fingerprint density at radius 1 is 0.697 bits per heavy atom. The molecule has 0 amide bonds. The van der Waals surface area contributed by atoms with Crippen molar-refractivity contribution in [1.29, 1.82) is 0 Å². The van der Waals surface area contributed by atoms with Gasteiger partial charge in [0.25, 0.3) is 20.2 Å². The Morgan fingerprint density at radius 3 is 1.24 bits per heavy atom. The van der Waals surface area contributed by atoms with Gasteiger partial charge in [0.05, 0.1) is 0 Å². The van der Waals surface area contributed by atoms with E-state index in [1.54, 1.807) is 0 Å². The van der Waals surface area contributed by atoms with Crippen LogP contribution in [0.5, 0.6) is 0 Å². The van der Waals surface area contributed by atoms with Gasteiger partial charge in [0.2, 0.25) is 9.49 Å². The fourth-order valence-electron chi connectivity index (χ4n) is 3.30. The second-order valence-electron chi connectivity index (χ2n) is 6.72. The minimum atomic E-state index is -6.19. The topological polar surface area (TPSA) is 152 Å². The first-order chi connectivity index (χ1) is 14.7. The summed E-state index contributed by atoms with van der Waals surface area (Å²) in [5, 5.41) is 0. The molecule has 4 unspecified atom stereocenters. The van der Waals surface area contributed by atoms with Gasteiger partial charge in [-0.05, 0) is 0 Å². The number of hydrogen-bond acceptors (Lipinski definition) is 7. The SMILES string of the molecule is O=C(OC(=O)C1C=CC=CC1(C(F)(F)F)S(=O)(=O)O)C1C=CC=CC1(C(F)(F)F)S(=O)(=O)O. The number of hydrogen-bond donors (Lipinski definition) is 2. The lowest BCUT2D eigenvalue weighted by atomic mass is 9.85. The summed E-state index contributed by atoms with van der Waals surface area (Å²) in [6.45, 7) is 0. The number of rotatable bonds is 4. The first-order valence-corrected chi connectivity index (χ1v) is 11.2. The third-order valence-corrected chi connectivity index (χ3v) is 7.84. The highest BCUT2D eigenvalue weighted by Crippen LogP contribution is 2.48. The second kappa shape index (κ2) is 8.07. The van der Waals surface area contributed by atoms with E-state index in [0.717, 1.165) is 0 Å². The third-order valence-electron chi connectivity index (χ3n) is 4.89. The zero-order chi connectivity index (χ0) is 25.7. The van der Waals surface area contributed by atoms with Gasteiger partial charge < -0.3 is 4.74 Å². The third kappa shape index (κ3) is 4.13. The van der Waals surface area contributed by atoms with Crippen LogP contribution in [0.15, 0.2) is 48.6 Å². The summed E-state index contributed by atoms with van der Waals surface area (Å²) < 4.78 is 142. The quantitative estimate of drug-likeness (QED) is 0.242. The van der Waals surface area contributed by atoms with Gasteiger partial charge in [-0.3, -0.25) is 18.7 Å². The first-order valence-electron chi connectivity index (χ1n) is 8.29.